The van der Waals surface area contributed by atoms with E-state index in [4.69, 9.17) is 16.6 Å². The lowest BCUT2D eigenvalue weighted by Gasteiger charge is -2.29. The first kappa shape index (κ1) is 20.4. The van der Waals surface area contributed by atoms with Crippen molar-refractivity contribution in [3.8, 4) is 0 Å². The number of carbonyl (C=O) groups is 1. The van der Waals surface area contributed by atoms with Crippen LogP contribution >= 0.6 is 11.6 Å². The molecule has 1 aromatic carbocycles. The predicted molar refractivity (Wildman–Crippen MR) is 107 cm³/mol. The number of unbranched alkanes of at least 4 members (excludes halogenated alkanes) is 2. The monoisotopic (exact) mass is 377 g/mol. The summed E-state index contributed by atoms with van der Waals surface area (Å²) in [6.45, 7) is 9.02. The van der Waals surface area contributed by atoms with Gasteiger partial charge >= 0.3 is 0 Å². The number of aromatic nitrogens is 2. The fourth-order valence-corrected chi connectivity index (χ4v) is 3.48. The largest absolute Gasteiger partial charge is 0.333 e. The van der Waals surface area contributed by atoms with Gasteiger partial charge in [0.05, 0.1) is 16.9 Å². The molecule has 0 saturated heterocycles. The van der Waals surface area contributed by atoms with Crippen molar-refractivity contribution in [1.82, 2.24) is 14.5 Å². The van der Waals surface area contributed by atoms with E-state index in [1.165, 1.54) is 0 Å². The van der Waals surface area contributed by atoms with E-state index < -0.39 is 0 Å². The standard InChI is InChI=1S/C20H28ClN3O2/c1-5-8-9-10-18(25)23(6-2)14(4)19-22-17-12-11-15(21)13-16(17)20(26)24(19)7-3/h11-14H,5-10H2,1-4H3. The zero-order valence-electron chi connectivity index (χ0n) is 16.1. The van der Waals surface area contributed by atoms with Gasteiger partial charge in [-0.05, 0) is 45.4 Å². The second-order valence-corrected chi connectivity index (χ2v) is 6.93. The summed E-state index contributed by atoms with van der Waals surface area (Å²) in [5.74, 6) is 0.736. The highest BCUT2D eigenvalue weighted by Crippen LogP contribution is 2.22. The topological polar surface area (TPSA) is 55.2 Å². The van der Waals surface area contributed by atoms with Crippen LogP contribution in [-0.2, 0) is 11.3 Å². The number of nitrogens with zero attached hydrogens (tertiary/aromatic N) is 3. The first-order valence-electron chi connectivity index (χ1n) is 9.43. The third-order valence-corrected chi connectivity index (χ3v) is 4.99. The van der Waals surface area contributed by atoms with E-state index in [1.807, 2.05) is 25.7 Å². The Morgan fingerprint density at radius 2 is 2.00 bits per heavy atom. The van der Waals surface area contributed by atoms with Crippen molar-refractivity contribution in [3.63, 3.8) is 0 Å². The van der Waals surface area contributed by atoms with Crippen LogP contribution in [0.25, 0.3) is 10.9 Å². The molecule has 6 heteroatoms. The van der Waals surface area contributed by atoms with Gasteiger partial charge in [0, 0.05) is 24.5 Å². The molecule has 0 radical (unpaired) electrons. The van der Waals surface area contributed by atoms with Crippen LogP contribution in [0, 0.1) is 0 Å². The van der Waals surface area contributed by atoms with E-state index in [0.717, 1.165) is 19.3 Å². The lowest BCUT2D eigenvalue weighted by molar-refractivity contribution is -0.133. The van der Waals surface area contributed by atoms with Crippen LogP contribution in [0.5, 0.6) is 0 Å². The average molecular weight is 378 g/mol. The van der Waals surface area contributed by atoms with Crippen LogP contribution in [-0.4, -0.2) is 26.9 Å². The number of hydrogen-bond donors (Lipinski definition) is 0. The SMILES string of the molecule is CCCCCC(=O)N(CC)C(C)c1nc2ccc(Cl)cc2c(=O)n1CC. The minimum atomic E-state index is -0.262. The molecule has 1 amide bonds. The van der Waals surface area contributed by atoms with Gasteiger partial charge in [0.25, 0.3) is 5.56 Å². The summed E-state index contributed by atoms with van der Waals surface area (Å²) in [4.78, 5) is 32.1. The Labute approximate surface area is 160 Å². The average Bonchev–Trinajstić information content (AvgIpc) is 2.62. The van der Waals surface area contributed by atoms with E-state index in [2.05, 4.69) is 6.92 Å². The highest BCUT2D eigenvalue weighted by atomic mass is 35.5. The van der Waals surface area contributed by atoms with Crippen molar-refractivity contribution < 1.29 is 4.79 Å². The minimum absolute atomic E-state index is 0.113. The molecular weight excluding hydrogens is 350 g/mol. The van der Waals surface area contributed by atoms with Gasteiger partial charge < -0.3 is 4.90 Å². The van der Waals surface area contributed by atoms with Crippen LogP contribution in [0.4, 0.5) is 0 Å². The van der Waals surface area contributed by atoms with E-state index in [0.29, 0.717) is 41.3 Å². The van der Waals surface area contributed by atoms with Crippen molar-refractivity contribution in [1.29, 1.82) is 0 Å². The summed E-state index contributed by atoms with van der Waals surface area (Å²) in [6.07, 6.45) is 3.56. The van der Waals surface area contributed by atoms with Gasteiger partial charge in [0.1, 0.15) is 5.82 Å². The maximum Gasteiger partial charge on any atom is 0.261 e. The first-order chi connectivity index (χ1) is 12.4. The molecule has 2 rings (SSSR count). The number of fused-ring (bicyclic) bond motifs is 1. The number of amides is 1. The Morgan fingerprint density at radius 3 is 2.62 bits per heavy atom. The fourth-order valence-electron chi connectivity index (χ4n) is 3.31. The van der Waals surface area contributed by atoms with Gasteiger partial charge in [-0.3, -0.25) is 14.2 Å². The van der Waals surface area contributed by atoms with Crippen LogP contribution in [0.2, 0.25) is 5.02 Å². The molecule has 2 aromatic rings. The minimum Gasteiger partial charge on any atom is -0.333 e. The Morgan fingerprint density at radius 1 is 1.27 bits per heavy atom. The molecule has 0 aliphatic rings. The molecule has 0 spiro atoms. The van der Waals surface area contributed by atoms with E-state index in [1.54, 1.807) is 22.8 Å². The van der Waals surface area contributed by atoms with Crippen molar-refractivity contribution in [3.05, 3.63) is 39.4 Å². The molecule has 5 nitrogen and oxygen atoms in total. The quantitative estimate of drug-likeness (QED) is 0.633. The van der Waals surface area contributed by atoms with Crippen LogP contribution in [0.15, 0.2) is 23.0 Å². The van der Waals surface area contributed by atoms with E-state index >= 15 is 0 Å². The van der Waals surface area contributed by atoms with Crippen molar-refractivity contribution >= 4 is 28.4 Å². The van der Waals surface area contributed by atoms with E-state index in [9.17, 15) is 9.59 Å². The lowest BCUT2D eigenvalue weighted by Crippen LogP contribution is -2.37. The zero-order valence-corrected chi connectivity index (χ0v) is 16.8. The maximum atomic E-state index is 12.9. The molecule has 142 valence electrons. The number of hydrogen-bond acceptors (Lipinski definition) is 3. The molecule has 1 unspecified atom stereocenters. The van der Waals surface area contributed by atoms with Gasteiger partial charge in [-0.2, -0.15) is 0 Å². The molecule has 0 N–H and O–H groups in total. The summed E-state index contributed by atoms with van der Waals surface area (Å²) in [5, 5.41) is 1.02. The third kappa shape index (κ3) is 4.26. The number of rotatable bonds is 8. The third-order valence-electron chi connectivity index (χ3n) is 4.76. The molecule has 1 atom stereocenters. The molecule has 0 fully saturated rings. The first-order valence-corrected chi connectivity index (χ1v) is 9.81. The van der Waals surface area contributed by atoms with Crippen molar-refractivity contribution in [2.24, 2.45) is 0 Å². The second-order valence-electron chi connectivity index (χ2n) is 6.49. The molecule has 1 heterocycles. The van der Waals surface area contributed by atoms with Gasteiger partial charge in [0.15, 0.2) is 0 Å². The molecule has 0 aliphatic heterocycles. The Hall–Kier alpha value is -1.88. The Bertz CT molecular complexity index is 832. The Balaban J connectivity index is 2.44. The smallest absolute Gasteiger partial charge is 0.261 e. The molecule has 1 aromatic heterocycles. The predicted octanol–water partition coefficient (Wildman–Crippen LogP) is 4.56. The van der Waals surface area contributed by atoms with E-state index in [-0.39, 0.29) is 17.5 Å². The van der Waals surface area contributed by atoms with Gasteiger partial charge in [-0.15, -0.1) is 0 Å². The summed E-state index contributed by atoms with van der Waals surface area (Å²) in [5.41, 5.74) is 0.497. The van der Waals surface area contributed by atoms with Crippen molar-refractivity contribution in [2.75, 3.05) is 6.54 Å². The molecule has 0 saturated carbocycles. The van der Waals surface area contributed by atoms with Crippen molar-refractivity contribution in [2.45, 2.75) is 66.0 Å². The molecule has 0 bridgehead atoms. The number of benzene rings is 1. The summed E-state index contributed by atoms with van der Waals surface area (Å²) in [6, 6.07) is 4.88. The molecule has 0 aliphatic carbocycles. The van der Waals surface area contributed by atoms with Crippen LogP contribution in [0.1, 0.15) is 65.2 Å². The summed E-state index contributed by atoms with van der Waals surface area (Å²) < 4.78 is 1.64. The summed E-state index contributed by atoms with van der Waals surface area (Å²) in [7, 11) is 0. The normalized spacial score (nSPS) is 12.3. The highest BCUT2D eigenvalue weighted by molar-refractivity contribution is 6.31. The maximum absolute atomic E-state index is 12.9. The highest BCUT2D eigenvalue weighted by Gasteiger charge is 2.24. The fraction of sp³-hybridized carbons (Fsp3) is 0.550. The van der Waals surface area contributed by atoms with Crippen LogP contribution in [0.3, 0.4) is 0 Å². The second kappa shape index (κ2) is 9.17. The lowest BCUT2D eigenvalue weighted by atomic mass is 10.1. The van der Waals surface area contributed by atoms with Crippen LogP contribution < -0.4 is 5.56 Å². The van der Waals surface area contributed by atoms with Gasteiger partial charge in [-0.25, -0.2) is 4.98 Å². The molecular formula is C20H28ClN3O2. The Kier molecular flexibility index (Phi) is 7.21. The number of carbonyl (C=O) groups excluding carboxylic acids is 1. The zero-order chi connectivity index (χ0) is 19.3. The summed E-state index contributed by atoms with van der Waals surface area (Å²) >= 11 is 6.03. The number of halogens is 1. The van der Waals surface area contributed by atoms with Gasteiger partial charge in [0.2, 0.25) is 5.91 Å². The molecule has 26 heavy (non-hydrogen) atoms. The van der Waals surface area contributed by atoms with Gasteiger partial charge in [-0.1, -0.05) is 31.4 Å².